The maximum atomic E-state index is 9.31. The largest absolute Gasteiger partial charge is 0.379 e. The Hall–Kier alpha value is -0.630. The zero-order chi connectivity index (χ0) is 13.3. The van der Waals surface area contributed by atoms with Gasteiger partial charge in [-0.25, -0.2) is 0 Å². The first-order valence-electron chi connectivity index (χ1n) is 7.04. The zero-order valence-electron chi connectivity index (χ0n) is 11.7. The number of nitriles is 1. The second-order valence-corrected chi connectivity index (χ2v) is 4.94. The van der Waals surface area contributed by atoms with Gasteiger partial charge in [0.25, 0.3) is 0 Å². The third-order valence-electron chi connectivity index (χ3n) is 3.80. The van der Waals surface area contributed by atoms with E-state index in [1.54, 1.807) is 0 Å². The molecule has 4 heteroatoms. The Morgan fingerprint density at radius 2 is 2.00 bits per heavy atom. The van der Waals surface area contributed by atoms with Crippen molar-refractivity contribution in [3.63, 3.8) is 0 Å². The highest BCUT2D eigenvalue weighted by Crippen LogP contribution is 2.37. The summed E-state index contributed by atoms with van der Waals surface area (Å²) in [4.78, 5) is 0. The number of nitrogens with one attached hydrogen (secondary N) is 1. The van der Waals surface area contributed by atoms with Crippen molar-refractivity contribution in [2.45, 2.75) is 44.6 Å². The lowest BCUT2D eigenvalue weighted by Gasteiger charge is -2.28. The summed E-state index contributed by atoms with van der Waals surface area (Å²) in [7, 11) is 1.89. The summed E-state index contributed by atoms with van der Waals surface area (Å²) < 4.78 is 10.9. The van der Waals surface area contributed by atoms with Crippen molar-refractivity contribution < 1.29 is 9.47 Å². The molecule has 1 N–H and O–H groups in total. The predicted molar refractivity (Wildman–Crippen MR) is 71.3 cm³/mol. The van der Waals surface area contributed by atoms with Crippen LogP contribution in [-0.4, -0.2) is 39.0 Å². The second-order valence-electron chi connectivity index (χ2n) is 4.94. The first-order valence-corrected chi connectivity index (χ1v) is 7.04. The summed E-state index contributed by atoms with van der Waals surface area (Å²) in [6.45, 7) is 4.97. The minimum Gasteiger partial charge on any atom is -0.379 e. The maximum absolute atomic E-state index is 9.31. The summed E-state index contributed by atoms with van der Waals surface area (Å²) in [5.41, 5.74) is -0.317. The quantitative estimate of drug-likeness (QED) is 0.640. The summed E-state index contributed by atoms with van der Waals surface area (Å²) >= 11 is 0. The molecule has 0 radical (unpaired) electrons. The van der Waals surface area contributed by atoms with Gasteiger partial charge >= 0.3 is 0 Å². The third-order valence-corrected chi connectivity index (χ3v) is 3.80. The molecular formula is C14H26N2O2. The topological polar surface area (TPSA) is 54.3 Å². The van der Waals surface area contributed by atoms with Crippen LogP contribution in [-0.2, 0) is 9.47 Å². The number of hydrogen-bond acceptors (Lipinski definition) is 4. The van der Waals surface area contributed by atoms with Crippen LogP contribution < -0.4 is 5.32 Å². The molecule has 0 heterocycles. The average molecular weight is 254 g/mol. The van der Waals surface area contributed by atoms with Gasteiger partial charge in [0, 0.05) is 13.2 Å². The molecular weight excluding hydrogens is 228 g/mol. The van der Waals surface area contributed by atoms with Gasteiger partial charge in [-0.05, 0) is 38.6 Å². The van der Waals surface area contributed by atoms with Crippen molar-refractivity contribution in [1.29, 1.82) is 5.26 Å². The Kier molecular flexibility index (Phi) is 7.26. The van der Waals surface area contributed by atoms with E-state index in [-0.39, 0.29) is 5.54 Å². The second kappa shape index (κ2) is 8.47. The minimum atomic E-state index is -0.317. The first-order chi connectivity index (χ1) is 8.79. The van der Waals surface area contributed by atoms with E-state index in [1.807, 2.05) is 7.05 Å². The van der Waals surface area contributed by atoms with Crippen LogP contribution >= 0.6 is 0 Å². The van der Waals surface area contributed by atoms with E-state index in [9.17, 15) is 5.26 Å². The lowest BCUT2D eigenvalue weighted by molar-refractivity contribution is 0.0409. The normalized spacial score (nSPS) is 27.3. The Bertz CT molecular complexity index is 265. The molecule has 0 spiro atoms. The fourth-order valence-electron chi connectivity index (χ4n) is 2.69. The van der Waals surface area contributed by atoms with E-state index in [2.05, 4.69) is 18.3 Å². The SMILES string of the molecule is CCCOCCOCCC1CCCC1(C#N)NC. The van der Waals surface area contributed by atoms with Gasteiger partial charge in [-0.15, -0.1) is 0 Å². The third kappa shape index (κ3) is 4.24. The summed E-state index contributed by atoms with van der Waals surface area (Å²) in [5.74, 6) is 0.420. The molecule has 4 nitrogen and oxygen atoms in total. The van der Waals surface area contributed by atoms with E-state index in [0.29, 0.717) is 19.1 Å². The molecule has 2 unspecified atom stereocenters. The Morgan fingerprint density at radius 3 is 2.61 bits per heavy atom. The van der Waals surface area contributed by atoms with Gasteiger partial charge < -0.3 is 14.8 Å². The predicted octanol–water partition coefficient (Wildman–Crippen LogP) is 2.10. The molecule has 0 saturated heterocycles. The van der Waals surface area contributed by atoms with Crippen LogP contribution in [0.3, 0.4) is 0 Å². The first kappa shape index (κ1) is 15.4. The molecule has 0 bridgehead atoms. The van der Waals surface area contributed by atoms with Crippen molar-refractivity contribution >= 4 is 0 Å². The number of nitrogens with zero attached hydrogens (tertiary/aromatic N) is 1. The highest BCUT2D eigenvalue weighted by molar-refractivity contribution is 5.13. The Morgan fingerprint density at radius 1 is 1.28 bits per heavy atom. The Labute approximate surface area is 111 Å². The van der Waals surface area contributed by atoms with E-state index < -0.39 is 0 Å². The van der Waals surface area contributed by atoms with Gasteiger partial charge in [0.05, 0.1) is 19.3 Å². The van der Waals surface area contributed by atoms with Crippen molar-refractivity contribution in [1.82, 2.24) is 5.32 Å². The molecule has 1 aliphatic carbocycles. The van der Waals surface area contributed by atoms with Crippen LogP contribution in [0.5, 0.6) is 0 Å². The van der Waals surface area contributed by atoms with Crippen LogP contribution in [0.1, 0.15) is 39.0 Å². The molecule has 1 rings (SSSR count). The lowest BCUT2D eigenvalue weighted by atomic mass is 9.86. The molecule has 2 atom stereocenters. The molecule has 0 amide bonds. The van der Waals surface area contributed by atoms with E-state index in [0.717, 1.165) is 45.3 Å². The molecule has 0 aliphatic heterocycles. The molecule has 0 aromatic heterocycles. The molecule has 104 valence electrons. The number of ether oxygens (including phenoxy) is 2. The van der Waals surface area contributed by atoms with Crippen LogP contribution in [0.2, 0.25) is 0 Å². The van der Waals surface area contributed by atoms with E-state index >= 15 is 0 Å². The monoisotopic (exact) mass is 254 g/mol. The van der Waals surface area contributed by atoms with Gasteiger partial charge in [-0.2, -0.15) is 5.26 Å². The minimum absolute atomic E-state index is 0.317. The molecule has 0 aromatic rings. The van der Waals surface area contributed by atoms with Crippen LogP contribution in [0.15, 0.2) is 0 Å². The fraction of sp³-hybridized carbons (Fsp3) is 0.929. The van der Waals surface area contributed by atoms with Gasteiger partial charge in [-0.1, -0.05) is 13.3 Å². The number of hydrogen-bond donors (Lipinski definition) is 1. The smallest absolute Gasteiger partial charge is 0.109 e. The zero-order valence-corrected chi connectivity index (χ0v) is 11.7. The van der Waals surface area contributed by atoms with Gasteiger partial charge in [0.2, 0.25) is 0 Å². The molecule has 1 aliphatic rings. The Balaban J connectivity index is 2.13. The summed E-state index contributed by atoms with van der Waals surface area (Å²) in [6, 6.07) is 2.45. The highest BCUT2D eigenvalue weighted by Gasteiger charge is 2.41. The lowest BCUT2D eigenvalue weighted by Crippen LogP contribution is -2.45. The molecule has 18 heavy (non-hydrogen) atoms. The molecule has 1 fully saturated rings. The summed E-state index contributed by atoms with van der Waals surface area (Å²) in [6.07, 6.45) is 5.24. The van der Waals surface area contributed by atoms with Gasteiger partial charge in [-0.3, -0.25) is 0 Å². The van der Waals surface area contributed by atoms with Crippen LogP contribution in [0, 0.1) is 17.2 Å². The van der Waals surface area contributed by atoms with Crippen molar-refractivity contribution in [2.75, 3.05) is 33.5 Å². The van der Waals surface area contributed by atoms with Crippen molar-refractivity contribution in [3.05, 3.63) is 0 Å². The average Bonchev–Trinajstić information content (AvgIpc) is 2.81. The molecule has 0 aromatic carbocycles. The van der Waals surface area contributed by atoms with E-state index in [4.69, 9.17) is 9.47 Å². The fourth-order valence-corrected chi connectivity index (χ4v) is 2.69. The van der Waals surface area contributed by atoms with E-state index in [1.165, 1.54) is 0 Å². The van der Waals surface area contributed by atoms with Crippen LogP contribution in [0.4, 0.5) is 0 Å². The highest BCUT2D eigenvalue weighted by atomic mass is 16.5. The summed E-state index contributed by atoms with van der Waals surface area (Å²) in [5, 5.41) is 12.5. The van der Waals surface area contributed by atoms with Crippen LogP contribution in [0.25, 0.3) is 0 Å². The maximum Gasteiger partial charge on any atom is 0.109 e. The van der Waals surface area contributed by atoms with Gasteiger partial charge in [0.15, 0.2) is 0 Å². The molecule has 1 saturated carbocycles. The van der Waals surface area contributed by atoms with Gasteiger partial charge in [0.1, 0.15) is 5.54 Å². The standard InChI is InChI=1S/C14H26N2O2/c1-3-8-17-10-11-18-9-6-13-5-4-7-14(13,12-15)16-2/h13,16H,3-11H2,1-2H3. The number of rotatable bonds is 9. The van der Waals surface area contributed by atoms with Crippen molar-refractivity contribution in [2.24, 2.45) is 5.92 Å². The van der Waals surface area contributed by atoms with Crippen molar-refractivity contribution in [3.8, 4) is 6.07 Å².